The van der Waals surface area contributed by atoms with Crippen molar-refractivity contribution in [3.63, 3.8) is 0 Å². The van der Waals surface area contributed by atoms with Crippen molar-refractivity contribution < 1.29 is 14.1 Å². The summed E-state index contributed by atoms with van der Waals surface area (Å²) >= 11 is 1.25. The van der Waals surface area contributed by atoms with Gasteiger partial charge in [0, 0.05) is 11.4 Å². The molecule has 1 fully saturated rings. The number of aryl methyl sites for hydroxylation is 1. The first-order chi connectivity index (χ1) is 12.7. The van der Waals surface area contributed by atoms with Gasteiger partial charge in [0.15, 0.2) is 0 Å². The molecule has 6 heteroatoms. The Morgan fingerprint density at radius 3 is 2.07 bits per heavy atom. The minimum absolute atomic E-state index is 0.0612. The van der Waals surface area contributed by atoms with Crippen LogP contribution in [0.3, 0.4) is 0 Å². The molecule has 1 N–H and O–H groups in total. The summed E-state index contributed by atoms with van der Waals surface area (Å²) < 4.78 is 12.1. The Balaban J connectivity index is 1.54. The molecule has 1 aliphatic heterocycles. The molecule has 0 aliphatic carbocycles. The molecule has 0 unspecified atom stereocenters. The van der Waals surface area contributed by atoms with Crippen molar-refractivity contribution in [3.05, 3.63) is 59.7 Å². The zero-order valence-electron chi connectivity index (χ0n) is 16.5. The van der Waals surface area contributed by atoms with E-state index in [0.29, 0.717) is 5.75 Å². The zero-order chi connectivity index (χ0) is 19.7. The largest absolute Gasteiger partial charge is 0.494 e. The second-order valence-corrected chi connectivity index (χ2v) is 8.85. The Bertz CT molecular complexity index is 787. The van der Waals surface area contributed by atoms with E-state index >= 15 is 0 Å². The van der Waals surface area contributed by atoms with Crippen LogP contribution in [-0.2, 0) is 15.1 Å². The summed E-state index contributed by atoms with van der Waals surface area (Å²) in [7, 11) is -0.360. The van der Waals surface area contributed by atoms with E-state index in [9.17, 15) is 4.79 Å². The van der Waals surface area contributed by atoms with E-state index in [2.05, 4.69) is 5.32 Å². The molecule has 0 aromatic heterocycles. The Labute approximate surface area is 166 Å². The van der Waals surface area contributed by atoms with E-state index < -0.39 is 0 Å². The molecule has 0 saturated carbocycles. The Kier molecular flexibility index (Phi) is 5.70. The average Bonchev–Trinajstić information content (AvgIpc) is 2.83. The molecule has 0 spiro atoms. The van der Waals surface area contributed by atoms with Crippen molar-refractivity contribution in [2.75, 3.05) is 5.32 Å². The Morgan fingerprint density at radius 1 is 0.963 bits per heavy atom. The summed E-state index contributed by atoms with van der Waals surface area (Å²) in [6, 6.07) is 15.8. The van der Waals surface area contributed by atoms with Gasteiger partial charge in [-0.15, -0.1) is 0 Å². The van der Waals surface area contributed by atoms with Crippen molar-refractivity contribution in [1.82, 2.24) is 0 Å². The first kappa shape index (κ1) is 20.0. The number of rotatable bonds is 4. The second kappa shape index (κ2) is 7.70. The smallest absolute Gasteiger partial charge is 0.399 e. The van der Waals surface area contributed by atoms with E-state index in [4.69, 9.17) is 9.31 Å². The van der Waals surface area contributed by atoms with Gasteiger partial charge in [-0.05, 0) is 57.8 Å². The van der Waals surface area contributed by atoms with Crippen LogP contribution in [0.5, 0.6) is 0 Å². The van der Waals surface area contributed by atoms with Crippen molar-refractivity contribution in [3.8, 4) is 0 Å². The number of hydrogen-bond donors (Lipinski definition) is 1. The number of anilines is 1. The summed E-state index contributed by atoms with van der Waals surface area (Å²) in [6.07, 6.45) is 0. The molecule has 0 radical (unpaired) electrons. The first-order valence-electron chi connectivity index (χ1n) is 9.11. The number of carbonyl (C=O) groups excluding carboxylic acids is 1. The molecule has 2 aromatic carbocycles. The van der Waals surface area contributed by atoms with Crippen molar-refractivity contribution in [1.29, 1.82) is 0 Å². The molecule has 1 heterocycles. The maximum atomic E-state index is 12.1. The lowest BCUT2D eigenvalue weighted by Crippen LogP contribution is -2.41. The van der Waals surface area contributed by atoms with E-state index in [-0.39, 0.29) is 23.6 Å². The van der Waals surface area contributed by atoms with Gasteiger partial charge in [-0.2, -0.15) is 0 Å². The molecule has 27 heavy (non-hydrogen) atoms. The summed E-state index contributed by atoms with van der Waals surface area (Å²) in [5.74, 6) is 0.612. The van der Waals surface area contributed by atoms with E-state index in [1.807, 2.05) is 83.1 Å². The fraction of sp³-hybridized carbons (Fsp3) is 0.381. The molecule has 142 valence electrons. The third-order valence-electron chi connectivity index (χ3n) is 5.17. The van der Waals surface area contributed by atoms with Crippen LogP contribution in [-0.4, -0.2) is 23.6 Å². The molecule has 1 amide bonds. The Hall–Kier alpha value is -1.76. The van der Waals surface area contributed by atoms with Gasteiger partial charge in [-0.1, -0.05) is 53.7 Å². The lowest BCUT2D eigenvalue weighted by atomic mass is 9.79. The third kappa shape index (κ3) is 4.75. The lowest BCUT2D eigenvalue weighted by Gasteiger charge is -2.32. The highest BCUT2D eigenvalue weighted by molar-refractivity contribution is 8.13. The highest BCUT2D eigenvalue weighted by Crippen LogP contribution is 2.36. The minimum atomic E-state index is -0.360. The standard InChI is InChI=1S/C21H26BNO3S/c1-15-6-12-18(13-7-15)23-19(24)27-14-16-8-10-17(11-9-16)22-25-20(2,3)21(4,5)26-22/h6-13H,14H2,1-5H3,(H,23,24). The molecule has 1 saturated heterocycles. The third-order valence-corrected chi connectivity index (χ3v) is 6.01. The van der Waals surface area contributed by atoms with Crippen LogP contribution < -0.4 is 10.8 Å². The van der Waals surface area contributed by atoms with Crippen molar-refractivity contribution in [2.24, 2.45) is 0 Å². The van der Waals surface area contributed by atoms with Gasteiger partial charge < -0.3 is 14.6 Å². The number of hydrogen-bond acceptors (Lipinski definition) is 4. The van der Waals surface area contributed by atoms with Crippen LogP contribution in [0.2, 0.25) is 0 Å². The van der Waals surface area contributed by atoms with Gasteiger partial charge in [-0.3, -0.25) is 4.79 Å². The van der Waals surface area contributed by atoms with Gasteiger partial charge in [0.1, 0.15) is 0 Å². The van der Waals surface area contributed by atoms with Crippen LogP contribution in [0.25, 0.3) is 0 Å². The summed E-state index contributed by atoms with van der Waals surface area (Å²) in [5.41, 5.74) is 3.36. The van der Waals surface area contributed by atoms with Crippen LogP contribution in [0, 0.1) is 6.92 Å². The molecule has 4 nitrogen and oxygen atoms in total. The van der Waals surface area contributed by atoms with Crippen LogP contribution in [0.1, 0.15) is 38.8 Å². The number of amides is 1. The van der Waals surface area contributed by atoms with Gasteiger partial charge in [-0.25, -0.2) is 0 Å². The normalized spacial score (nSPS) is 17.7. The maximum absolute atomic E-state index is 12.1. The molecule has 3 rings (SSSR count). The van der Waals surface area contributed by atoms with Crippen molar-refractivity contribution >= 4 is 35.3 Å². The van der Waals surface area contributed by atoms with E-state index in [1.54, 1.807) is 0 Å². The molecular formula is C21H26BNO3S. The molecule has 1 aliphatic rings. The Morgan fingerprint density at radius 2 is 1.52 bits per heavy atom. The number of thioether (sulfide) groups is 1. The summed E-state index contributed by atoms with van der Waals surface area (Å²) in [6.45, 7) is 10.2. The molecule has 0 bridgehead atoms. The fourth-order valence-electron chi connectivity index (χ4n) is 2.69. The maximum Gasteiger partial charge on any atom is 0.494 e. The van der Waals surface area contributed by atoms with E-state index in [1.165, 1.54) is 17.3 Å². The monoisotopic (exact) mass is 383 g/mol. The van der Waals surface area contributed by atoms with Gasteiger partial charge in [0.25, 0.3) is 5.24 Å². The fourth-order valence-corrected chi connectivity index (χ4v) is 3.37. The van der Waals surface area contributed by atoms with Gasteiger partial charge >= 0.3 is 7.12 Å². The van der Waals surface area contributed by atoms with Crippen LogP contribution in [0.15, 0.2) is 48.5 Å². The van der Waals surface area contributed by atoms with Crippen molar-refractivity contribution in [2.45, 2.75) is 51.6 Å². The van der Waals surface area contributed by atoms with Crippen LogP contribution in [0.4, 0.5) is 10.5 Å². The summed E-state index contributed by atoms with van der Waals surface area (Å²) in [4.78, 5) is 12.1. The second-order valence-electron chi connectivity index (χ2n) is 7.90. The zero-order valence-corrected chi connectivity index (χ0v) is 17.4. The number of carbonyl (C=O) groups is 1. The van der Waals surface area contributed by atoms with E-state index in [0.717, 1.165) is 16.7 Å². The number of nitrogens with one attached hydrogen (secondary N) is 1. The SMILES string of the molecule is Cc1ccc(NC(=O)SCc2ccc(B3OC(C)(C)C(C)(C)O3)cc2)cc1. The minimum Gasteiger partial charge on any atom is -0.399 e. The topological polar surface area (TPSA) is 47.6 Å². The lowest BCUT2D eigenvalue weighted by molar-refractivity contribution is 0.00578. The van der Waals surface area contributed by atoms with Gasteiger partial charge in [0.2, 0.25) is 0 Å². The molecular weight excluding hydrogens is 357 g/mol. The molecule has 0 atom stereocenters. The predicted molar refractivity (Wildman–Crippen MR) is 114 cm³/mol. The highest BCUT2D eigenvalue weighted by Gasteiger charge is 2.51. The van der Waals surface area contributed by atoms with Gasteiger partial charge in [0.05, 0.1) is 11.2 Å². The predicted octanol–water partition coefficient (Wildman–Crippen LogP) is 4.76. The highest BCUT2D eigenvalue weighted by atomic mass is 32.2. The first-order valence-corrected chi connectivity index (χ1v) is 10.1. The molecule has 2 aromatic rings. The number of benzene rings is 2. The van der Waals surface area contributed by atoms with Crippen LogP contribution >= 0.6 is 11.8 Å². The quantitative estimate of drug-likeness (QED) is 0.774. The summed E-state index contributed by atoms with van der Waals surface area (Å²) in [5, 5.41) is 2.84. The average molecular weight is 383 g/mol.